The van der Waals surface area contributed by atoms with E-state index >= 15 is 0 Å². The summed E-state index contributed by atoms with van der Waals surface area (Å²) in [6.07, 6.45) is 2.78. The molecule has 0 radical (unpaired) electrons. The summed E-state index contributed by atoms with van der Waals surface area (Å²) < 4.78 is 0. The van der Waals surface area contributed by atoms with Gasteiger partial charge >= 0.3 is 0 Å². The van der Waals surface area contributed by atoms with Gasteiger partial charge in [0.1, 0.15) is 6.54 Å². The molecule has 0 spiro atoms. The lowest BCUT2D eigenvalue weighted by atomic mass is 10.1. The highest BCUT2D eigenvalue weighted by Gasteiger charge is 2.27. The normalized spacial score (nSPS) is 12.7. The number of fused-ring (bicyclic) bond motifs is 1. The van der Waals surface area contributed by atoms with Crippen molar-refractivity contribution in [3.05, 3.63) is 53.9 Å². The molecule has 2 aromatic rings. The van der Waals surface area contributed by atoms with Crippen LogP contribution >= 0.6 is 0 Å². The van der Waals surface area contributed by atoms with Gasteiger partial charge in [0.15, 0.2) is 0 Å². The molecule has 1 aliphatic rings. The van der Waals surface area contributed by atoms with Gasteiger partial charge in [-0.15, -0.1) is 0 Å². The van der Waals surface area contributed by atoms with Gasteiger partial charge in [0.25, 0.3) is 5.91 Å². The predicted octanol–water partition coefficient (Wildman–Crippen LogP) is 3.41. The number of nitrogens with zero attached hydrogens (tertiary/aromatic N) is 2. The minimum absolute atomic E-state index is 0.0176. The van der Waals surface area contributed by atoms with Crippen LogP contribution in [0.3, 0.4) is 0 Å². The summed E-state index contributed by atoms with van der Waals surface area (Å²) >= 11 is 0. The quantitative estimate of drug-likeness (QED) is 0.878. The number of carbonyl (C=O) groups is 2. The van der Waals surface area contributed by atoms with E-state index in [-0.39, 0.29) is 18.4 Å². The molecular formula is C18H21N3O2. The fourth-order valence-electron chi connectivity index (χ4n) is 2.16. The fraction of sp³-hybridized carbons (Fsp3) is 0.278. The van der Waals surface area contributed by atoms with Crippen molar-refractivity contribution in [2.45, 2.75) is 27.2 Å². The molecule has 120 valence electrons. The number of anilines is 2. The number of benzene rings is 1. The average Bonchev–Trinajstić information content (AvgIpc) is 2.55. The van der Waals surface area contributed by atoms with Crippen molar-refractivity contribution in [1.82, 2.24) is 4.98 Å². The Morgan fingerprint density at radius 2 is 1.91 bits per heavy atom. The maximum absolute atomic E-state index is 12.5. The van der Waals surface area contributed by atoms with E-state index in [1.54, 1.807) is 18.2 Å². The molecule has 1 aromatic heterocycles. The molecule has 2 amide bonds. The molecule has 1 aromatic carbocycles. The number of rotatable bonds is 1. The van der Waals surface area contributed by atoms with Crippen LogP contribution in [0.25, 0.3) is 0 Å². The van der Waals surface area contributed by atoms with Crippen LogP contribution in [0.5, 0.6) is 0 Å². The van der Waals surface area contributed by atoms with E-state index in [1.807, 2.05) is 25.1 Å². The zero-order valence-electron chi connectivity index (χ0n) is 13.7. The fourth-order valence-corrected chi connectivity index (χ4v) is 2.16. The average molecular weight is 311 g/mol. The number of aryl methyl sites for hydroxylation is 1. The Morgan fingerprint density at radius 1 is 1.22 bits per heavy atom. The molecular weight excluding hydrogens is 290 g/mol. The van der Waals surface area contributed by atoms with Crippen LogP contribution in [0.15, 0.2) is 42.6 Å². The number of amides is 2. The first-order valence-electron chi connectivity index (χ1n) is 7.70. The molecule has 23 heavy (non-hydrogen) atoms. The van der Waals surface area contributed by atoms with E-state index in [0.717, 1.165) is 5.69 Å². The molecule has 0 bridgehead atoms. The first kappa shape index (κ1) is 16.7. The third-order valence-electron chi connectivity index (χ3n) is 3.17. The Labute approximate surface area is 136 Å². The molecule has 2 heterocycles. The third-order valence-corrected chi connectivity index (χ3v) is 3.17. The number of hydrogen-bond acceptors (Lipinski definition) is 3. The van der Waals surface area contributed by atoms with E-state index in [1.165, 1.54) is 17.5 Å². The van der Waals surface area contributed by atoms with Crippen molar-refractivity contribution in [2.75, 3.05) is 16.8 Å². The van der Waals surface area contributed by atoms with Crippen LogP contribution in [-0.2, 0) is 4.79 Å². The van der Waals surface area contributed by atoms with Gasteiger partial charge in [-0.3, -0.25) is 19.5 Å². The highest BCUT2D eigenvalue weighted by molar-refractivity contribution is 6.15. The molecule has 0 saturated heterocycles. The summed E-state index contributed by atoms with van der Waals surface area (Å²) in [4.78, 5) is 29.8. The maximum Gasteiger partial charge on any atom is 0.260 e. The lowest BCUT2D eigenvalue weighted by molar-refractivity contribution is -0.115. The standard InChI is InChI=1S/C15H13N3O2.C3H8/c1-10-6-7-11(8-16-10)15(20)18-9-14(19)17-12-4-2-3-5-13(12)18;1-3-2/h2-8H,9H2,1H3,(H,17,19);3H2,1-2H3. The molecule has 1 N–H and O–H groups in total. The van der Waals surface area contributed by atoms with Gasteiger partial charge in [-0.1, -0.05) is 32.4 Å². The second-order valence-electron chi connectivity index (χ2n) is 5.35. The van der Waals surface area contributed by atoms with Gasteiger partial charge in [0, 0.05) is 11.9 Å². The van der Waals surface area contributed by atoms with Gasteiger partial charge in [-0.05, 0) is 31.2 Å². The smallest absolute Gasteiger partial charge is 0.260 e. The van der Waals surface area contributed by atoms with E-state index < -0.39 is 0 Å². The minimum atomic E-state index is -0.222. The number of hydrogen-bond donors (Lipinski definition) is 1. The maximum atomic E-state index is 12.5. The van der Waals surface area contributed by atoms with Crippen molar-refractivity contribution >= 4 is 23.2 Å². The first-order valence-corrected chi connectivity index (χ1v) is 7.70. The van der Waals surface area contributed by atoms with Gasteiger partial charge in [0.05, 0.1) is 16.9 Å². The Balaban J connectivity index is 0.000000595. The van der Waals surface area contributed by atoms with Crippen molar-refractivity contribution in [3.8, 4) is 0 Å². The monoisotopic (exact) mass is 311 g/mol. The summed E-state index contributed by atoms with van der Waals surface area (Å²) in [5, 5.41) is 2.76. The van der Waals surface area contributed by atoms with Crippen LogP contribution < -0.4 is 10.2 Å². The molecule has 0 fully saturated rings. The predicted molar refractivity (Wildman–Crippen MR) is 91.7 cm³/mol. The topological polar surface area (TPSA) is 62.3 Å². The van der Waals surface area contributed by atoms with Gasteiger partial charge < -0.3 is 5.32 Å². The zero-order chi connectivity index (χ0) is 16.8. The molecule has 0 aliphatic carbocycles. The zero-order valence-corrected chi connectivity index (χ0v) is 13.7. The second kappa shape index (κ2) is 7.54. The SMILES string of the molecule is CCC.Cc1ccc(C(=O)N2CC(=O)Nc3ccccc32)cn1. The van der Waals surface area contributed by atoms with Crippen LogP contribution in [0.1, 0.15) is 36.3 Å². The van der Waals surface area contributed by atoms with Gasteiger partial charge in [0.2, 0.25) is 5.91 Å². The first-order chi connectivity index (χ1) is 11.1. The van der Waals surface area contributed by atoms with Crippen LogP contribution in [-0.4, -0.2) is 23.3 Å². The molecule has 0 saturated carbocycles. The van der Waals surface area contributed by atoms with Crippen LogP contribution in [0, 0.1) is 6.92 Å². The number of para-hydroxylation sites is 2. The van der Waals surface area contributed by atoms with Crippen molar-refractivity contribution in [2.24, 2.45) is 0 Å². The van der Waals surface area contributed by atoms with Crippen molar-refractivity contribution in [1.29, 1.82) is 0 Å². The van der Waals surface area contributed by atoms with E-state index in [9.17, 15) is 9.59 Å². The largest absolute Gasteiger partial charge is 0.323 e. The van der Waals surface area contributed by atoms with Gasteiger partial charge in [-0.2, -0.15) is 0 Å². The lowest BCUT2D eigenvalue weighted by Crippen LogP contribution is -2.42. The number of nitrogens with one attached hydrogen (secondary N) is 1. The van der Waals surface area contributed by atoms with Crippen molar-refractivity contribution < 1.29 is 9.59 Å². The summed E-state index contributed by atoms with van der Waals surface area (Å²) in [6, 6.07) is 10.8. The molecule has 5 nitrogen and oxygen atoms in total. The Bertz CT molecular complexity index is 696. The summed E-state index contributed by atoms with van der Waals surface area (Å²) in [7, 11) is 0. The second-order valence-corrected chi connectivity index (χ2v) is 5.35. The highest BCUT2D eigenvalue weighted by atomic mass is 16.2. The minimum Gasteiger partial charge on any atom is -0.323 e. The number of carbonyl (C=O) groups excluding carboxylic acids is 2. The summed E-state index contributed by atoms with van der Waals surface area (Å²) in [6.45, 7) is 6.13. The van der Waals surface area contributed by atoms with Crippen LogP contribution in [0.4, 0.5) is 11.4 Å². The summed E-state index contributed by atoms with van der Waals surface area (Å²) in [5.41, 5.74) is 2.67. The Hall–Kier alpha value is -2.69. The Morgan fingerprint density at radius 3 is 2.57 bits per heavy atom. The molecule has 0 unspecified atom stereocenters. The third kappa shape index (κ3) is 3.94. The van der Waals surface area contributed by atoms with Crippen LogP contribution in [0.2, 0.25) is 0 Å². The lowest BCUT2D eigenvalue weighted by Gasteiger charge is -2.29. The molecule has 3 rings (SSSR count). The van der Waals surface area contributed by atoms with E-state index in [4.69, 9.17) is 0 Å². The number of aromatic nitrogens is 1. The summed E-state index contributed by atoms with van der Waals surface area (Å²) in [5.74, 6) is -0.420. The molecule has 1 aliphatic heterocycles. The molecule has 5 heteroatoms. The van der Waals surface area contributed by atoms with E-state index in [0.29, 0.717) is 16.9 Å². The molecule has 0 atom stereocenters. The van der Waals surface area contributed by atoms with Crippen molar-refractivity contribution in [3.63, 3.8) is 0 Å². The number of pyridine rings is 1. The highest BCUT2D eigenvalue weighted by Crippen LogP contribution is 2.29. The van der Waals surface area contributed by atoms with Gasteiger partial charge in [-0.25, -0.2) is 0 Å². The Kier molecular flexibility index (Phi) is 5.46. The van der Waals surface area contributed by atoms with E-state index in [2.05, 4.69) is 24.1 Å².